The minimum atomic E-state index is -0.355. The number of piperidine rings is 1. The van der Waals surface area contributed by atoms with E-state index in [2.05, 4.69) is 18.7 Å². The Morgan fingerprint density at radius 2 is 1.80 bits per heavy atom. The van der Waals surface area contributed by atoms with Crippen LogP contribution in [0.4, 0.5) is 0 Å². The van der Waals surface area contributed by atoms with Crippen molar-refractivity contribution in [1.82, 2.24) is 4.90 Å². The van der Waals surface area contributed by atoms with Crippen LogP contribution in [0, 0.1) is 0 Å². The maximum absolute atomic E-state index is 9.67. The number of aliphatic hydroxyl groups excluding tert-OH is 1. The maximum atomic E-state index is 9.67. The molecule has 0 aromatic carbocycles. The number of nitrogens with two attached hydrogens (primary N) is 1. The number of β-amino-alcohol motifs (C(OH)–C–C–N with tert-alkyl or cyclic N) is 1. The molecule has 3 atom stereocenters. The van der Waals surface area contributed by atoms with Gasteiger partial charge in [0.15, 0.2) is 0 Å². The van der Waals surface area contributed by atoms with Crippen molar-refractivity contribution in [3.8, 4) is 0 Å². The van der Waals surface area contributed by atoms with Crippen molar-refractivity contribution in [1.29, 1.82) is 0 Å². The molecule has 1 aliphatic heterocycles. The van der Waals surface area contributed by atoms with Gasteiger partial charge in [-0.25, -0.2) is 0 Å². The Hall–Kier alpha value is -0.120. The predicted molar refractivity (Wildman–Crippen MR) is 63.8 cm³/mol. The highest BCUT2D eigenvalue weighted by Gasteiger charge is 2.29. The second kappa shape index (κ2) is 6.46. The first-order chi connectivity index (χ1) is 7.22. The lowest BCUT2D eigenvalue weighted by Crippen LogP contribution is -2.50. The molecule has 0 spiro atoms. The van der Waals surface area contributed by atoms with E-state index in [9.17, 15) is 5.11 Å². The SMILES string of the molecule is CCC1CCCC(CC)N1CC(O)CN. The molecule has 1 heterocycles. The Bertz CT molecular complexity index is 163. The van der Waals surface area contributed by atoms with E-state index in [1.54, 1.807) is 0 Å². The molecule has 1 saturated heterocycles. The Balaban J connectivity index is 2.57. The molecule has 0 amide bonds. The third-order valence-electron chi connectivity index (χ3n) is 3.65. The van der Waals surface area contributed by atoms with Gasteiger partial charge in [-0.15, -0.1) is 0 Å². The van der Waals surface area contributed by atoms with Gasteiger partial charge in [-0.2, -0.15) is 0 Å². The quantitative estimate of drug-likeness (QED) is 0.726. The fourth-order valence-corrected chi connectivity index (χ4v) is 2.71. The maximum Gasteiger partial charge on any atom is 0.0789 e. The van der Waals surface area contributed by atoms with Crippen molar-refractivity contribution < 1.29 is 5.11 Å². The van der Waals surface area contributed by atoms with E-state index >= 15 is 0 Å². The van der Waals surface area contributed by atoms with Crippen molar-refractivity contribution in [3.63, 3.8) is 0 Å². The largest absolute Gasteiger partial charge is 0.390 e. The van der Waals surface area contributed by atoms with Crippen LogP contribution in [0.3, 0.4) is 0 Å². The van der Waals surface area contributed by atoms with Crippen LogP contribution in [0.15, 0.2) is 0 Å². The van der Waals surface area contributed by atoms with E-state index in [0.29, 0.717) is 18.6 Å². The van der Waals surface area contributed by atoms with E-state index in [1.165, 1.54) is 32.1 Å². The van der Waals surface area contributed by atoms with Crippen LogP contribution < -0.4 is 5.73 Å². The molecule has 3 nitrogen and oxygen atoms in total. The smallest absolute Gasteiger partial charge is 0.0789 e. The summed E-state index contributed by atoms with van der Waals surface area (Å²) in [6, 6.07) is 1.31. The van der Waals surface area contributed by atoms with Gasteiger partial charge in [-0.1, -0.05) is 20.3 Å². The summed E-state index contributed by atoms with van der Waals surface area (Å²) in [6.45, 7) is 5.62. The van der Waals surface area contributed by atoms with Crippen LogP contribution in [0.25, 0.3) is 0 Å². The lowest BCUT2D eigenvalue weighted by atomic mass is 9.92. The second-order valence-corrected chi connectivity index (χ2v) is 4.64. The summed E-state index contributed by atoms with van der Waals surface area (Å²) in [6.07, 6.45) is 5.92. The monoisotopic (exact) mass is 214 g/mol. The van der Waals surface area contributed by atoms with Gasteiger partial charge in [0.2, 0.25) is 0 Å². The molecule has 3 heteroatoms. The lowest BCUT2D eigenvalue weighted by molar-refractivity contribution is 0.0290. The van der Waals surface area contributed by atoms with Gasteiger partial charge in [-0.05, 0) is 25.7 Å². The van der Waals surface area contributed by atoms with Crippen molar-refractivity contribution in [3.05, 3.63) is 0 Å². The first kappa shape index (κ1) is 12.9. The Labute approximate surface area is 93.6 Å². The number of rotatable bonds is 5. The number of hydrogen-bond acceptors (Lipinski definition) is 3. The molecule has 0 bridgehead atoms. The van der Waals surface area contributed by atoms with Gasteiger partial charge in [-0.3, -0.25) is 4.90 Å². The molecule has 1 rings (SSSR count). The summed E-state index contributed by atoms with van der Waals surface area (Å²) in [4.78, 5) is 2.49. The van der Waals surface area contributed by atoms with E-state index in [4.69, 9.17) is 5.73 Å². The molecular weight excluding hydrogens is 188 g/mol. The van der Waals surface area contributed by atoms with Gasteiger partial charge in [0, 0.05) is 25.2 Å². The number of aliphatic hydroxyl groups is 1. The minimum absolute atomic E-state index is 0.355. The van der Waals surface area contributed by atoms with Crippen LogP contribution >= 0.6 is 0 Å². The second-order valence-electron chi connectivity index (χ2n) is 4.64. The highest BCUT2D eigenvalue weighted by atomic mass is 16.3. The zero-order valence-corrected chi connectivity index (χ0v) is 10.2. The molecule has 0 aliphatic carbocycles. The first-order valence-electron chi connectivity index (χ1n) is 6.36. The van der Waals surface area contributed by atoms with Crippen molar-refractivity contribution in [2.45, 2.75) is 64.1 Å². The van der Waals surface area contributed by atoms with Crippen LogP contribution in [-0.4, -0.2) is 41.3 Å². The molecule has 3 N–H and O–H groups in total. The van der Waals surface area contributed by atoms with Crippen molar-refractivity contribution in [2.24, 2.45) is 5.73 Å². The molecule has 1 fully saturated rings. The van der Waals surface area contributed by atoms with E-state index in [0.717, 1.165) is 6.54 Å². The van der Waals surface area contributed by atoms with Gasteiger partial charge >= 0.3 is 0 Å². The minimum Gasteiger partial charge on any atom is -0.390 e. The zero-order valence-electron chi connectivity index (χ0n) is 10.2. The number of hydrogen-bond donors (Lipinski definition) is 2. The molecular formula is C12H26N2O. The summed E-state index contributed by atoms with van der Waals surface area (Å²) in [5.41, 5.74) is 5.49. The van der Waals surface area contributed by atoms with E-state index in [-0.39, 0.29) is 6.10 Å². The van der Waals surface area contributed by atoms with Crippen LogP contribution in [0.2, 0.25) is 0 Å². The standard InChI is InChI=1S/C12H26N2O/c1-3-10-6-5-7-11(4-2)14(10)9-12(15)8-13/h10-12,15H,3-9,13H2,1-2H3. The Morgan fingerprint density at radius 1 is 1.27 bits per heavy atom. The lowest BCUT2D eigenvalue weighted by Gasteiger charge is -2.42. The summed E-state index contributed by atoms with van der Waals surface area (Å²) < 4.78 is 0. The predicted octanol–water partition coefficient (Wildman–Crippen LogP) is 1.35. The highest BCUT2D eigenvalue weighted by molar-refractivity contribution is 4.84. The third-order valence-corrected chi connectivity index (χ3v) is 3.65. The number of likely N-dealkylation sites (tertiary alicyclic amines) is 1. The van der Waals surface area contributed by atoms with Gasteiger partial charge < -0.3 is 10.8 Å². The molecule has 15 heavy (non-hydrogen) atoms. The molecule has 0 radical (unpaired) electrons. The normalized spacial score (nSPS) is 30.4. The number of nitrogens with zero attached hydrogens (tertiary/aromatic N) is 1. The van der Waals surface area contributed by atoms with Crippen molar-refractivity contribution >= 4 is 0 Å². The molecule has 3 unspecified atom stereocenters. The fourth-order valence-electron chi connectivity index (χ4n) is 2.71. The van der Waals surface area contributed by atoms with Gasteiger partial charge in [0.25, 0.3) is 0 Å². The topological polar surface area (TPSA) is 49.5 Å². The summed E-state index contributed by atoms with van der Waals surface area (Å²) in [5.74, 6) is 0. The fraction of sp³-hybridized carbons (Fsp3) is 1.00. The highest BCUT2D eigenvalue weighted by Crippen LogP contribution is 2.26. The summed E-state index contributed by atoms with van der Waals surface area (Å²) in [5, 5.41) is 9.67. The average molecular weight is 214 g/mol. The Kier molecular flexibility index (Phi) is 5.58. The third kappa shape index (κ3) is 3.44. The molecule has 0 aromatic rings. The average Bonchev–Trinajstić information content (AvgIpc) is 2.29. The van der Waals surface area contributed by atoms with E-state index < -0.39 is 0 Å². The van der Waals surface area contributed by atoms with Gasteiger partial charge in [0.1, 0.15) is 0 Å². The summed E-state index contributed by atoms with van der Waals surface area (Å²) >= 11 is 0. The van der Waals surface area contributed by atoms with E-state index in [1.807, 2.05) is 0 Å². The van der Waals surface area contributed by atoms with Gasteiger partial charge in [0.05, 0.1) is 6.10 Å². The molecule has 1 aliphatic rings. The molecule has 0 aromatic heterocycles. The Morgan fingerprint density at radius 3 is 2.20 bits per heavy atom. The van der Waals surface area contributed by atoms with Crippen molar-refractivity contribution in [2.75, 3.05) is 13.1 Å². The zero-order chi connectivity index (χ0) is 11.3. The first-order valence-corrected chi connectivity index (χ1v) is 6.36. The molecule has 0 saturated carbocycles. The summed E-state index contributed by atoms with van der Waals surface area (Å²) in [7, 11) is 0. The van der Waals surface area contributed by atoms with Crippen LogP contribution in [0.1, 0.15) is 46.0 Å². The van der Waals surface area contributed by atoms with Crippen LogP contribution in [0.5, 0.6) is 0 Å². The molecule has 90 valence electrons. The van der Waals surface area contributed by atoms with Crippen LogP contribution in [-0.2, 0) is 0 Å².